The summed E-state index contributed by atoms with van der Waals surface area (Å²) in [5.41, 5.74) is 5.27. The van der Waals surface area contributed by atoms with Crippen LogP contribution < -0.4 is 5.73 Å². The van der Waals surface area contributed by atoms with Crippen molar-refractivity contribution in [1.82, 2.24) is 9.97 Å². The number of nitrogens with two attached hydrogens (primary N) is 1. The summed E-state index contributed by atoms with van der Waals surface area (Å²) in [7, 11) is 0. The van der Waals surface area contributed by atoms with Crippen LogP contribution in [0.3, 0.4) is 0 Å². The Morgan fingerprint density at radius 2 is 2.38 bits per heavy atom. The molecule has 0 aromatic carbocycles. The fourth-order valence-corrected chi connectivity index (χ4v) is 2.74. The molecule has 2 N–H and O–H groups in total. The molecule has 2 aromatic heterocycles. The first-order chi connectivity index (χ1) is 7.66. The molecule has 2 aromatic rings. The highest BCUT2D eigenvalue weighted by Gasteiger charge is 2.17. The van der Waals surface area contributed by atoms with Gasteiger partial charge in [0.05, 0.1) is 9.13 Å². The third kappa shape index (κ3) is 2.28. The highest BCUT2D eigenvalue weighted by atomic mass is 32.2. The predicted octanol–water partition coefficient (Wildman–Crippen LogP) is 2.18. The van der Waals surface area contributed by atoms with Crippen LogP contribution in [-0.2, 0) is 0 Å². The van der Waals surface area contributed by atoms with Crippen molar-refractivity contribution in [2.75, 3.05) is 5.73 Å². The predicted molar refractivity (Wildman–Crippen MR) is 61.5 cm³/mol. The topological polar surface area (TPSA) is 94.9 Å². The fraction of sp³-hybridized carbons (Fsp3) is 0. The van der Waals surface area contributed by atoms with Gasteiger partial charge in [0.25, 0.3) is 0 Å². The van der Waals surface area contributed by atoms with Crippen LogP contribution in [0.4, 0.5) is 11.6 Å². The van der Waals surface area contributed by atoms with Crippen LogP contribution in [0.15, 0.2) is 32.9 Å². The van der Waals surface area contributed by atoms with Crippen molar-refractivity contribution in [3.8, 4) is 0 Å². The van der Waals surface area contributed by atoms with Gasteiger partial charge in [-0.1, -0.05) is 17.8 Å². The number of hydrogen-bond acceptors (Lipinski definition) is 7. The second-order valence-electron chi connectivity index (χ2n) is 2.71. The average Bonchev–Trinajstić information content (AvgIpc) is 2.70. The van der Waals surface area contributed by atoms with Gasteiger partial charge in [-0.25, -0.2) is 4.98 Å². The summed E-state index contributed by atoms with van der Waals surface area (Å²) in [6, 6.07) is 3.72. The van der Waals surface area contributed by atoms with Gasteiger partial charge in [-0.05, 0) is 11.4 Å². The van der Waals surface area contributed by atoms with Gasteiger partial charge in [0.15, 0.2) is 5.03 Å². The molecule has 0 radical (unpaired) electrons. The number of aromatic nitrogens is 2. The quantitative estimate of drug-likeness (QED) is 0.512. The van der Waals surface area contributed by atoms with Crippen molar-refractivity contribution in [3.05, 3.63) is 33.8 Å². The molecule has 0 spiro atoms. The number of nitrogen functional groups attached to an aromatic ring is 1. The fourth-order valence-electron chi connectivity index (χ4n) is 0.990. The molecular weight excluding hydrogens is 248 g/mol. The zero-order chi connectivity index (χ0) is 11.5. The first kappa shape index (κ1) is 10.8. The van der Waals surface area contributed by atoms with Crippen LogP contribution >= 0.6 is 23.1 Å². The summed E-state index contributed by atoms with van der Waals surface area (Å²) >= 11 is 2.69. The van der Waals surface area contributed by atoms with Crippen molar-refractivity contribution in [1.29, 1.82) is 0 Å². The lowest BCUT2D eigenvalue weighted by Crippen LogP contribution is -1.99. The van der Waals surface area contributed by atoms with Crippen molar-refractivity contribution < 1.29 is 4.92 Å². The van der Waals surface area contributed by atoms with E-state index in [9.17, 15) is 10.1 Å². The smallest absolute Gasteiger partial charge is 0.320 e. The Hall–Kier alpha value is -1.67. The molecule has 2 heterocycles. The van der Waals surface area contributed by atoms with Crippen molar-refractivity contribution in [2.24, 2.45) is 0 Å². The summed E-state index contributed by atoms with van der Waals surface area (Å²) in [6.07, 6.45) is 1.12. The first-order valence-corrected chi connectivity index (χ1v) is 5.84. The van der Waals surface area contributed by atoms with Gasteiger partial charge in [0, 0.05) is 0 Å². The number of nitrogens with zero attached hydrogens (tertiary/aromatic N) is 3. The molecule has 0 atom stereocenters. The lowest BCUT2D eigenvalue weighted by molar-refractivity contribution is -0.388. The second-order valence-corrected chi connectivity index (χ2v) is 4.95. The van der Waals surface area contributed by atoms with Gasteiger partial charge >= 0.3 is 5.69 Å². The van der Waals surface area contributed by atoms with Gasteiger partial charge in [-0.15, -0.1) is 11.3 Å². The van der Waals surface area contributed by atoms with Crippen LogP contribution in [0.5, 0.6) is 0 Å². The van der Waals surface area contributed by atoms with E-state index in [0.29, 0.717) is 0 Å². The minimum atomic E-state index is -0.518. The standard InChI is InChI=1S/C8H6N4O2S2/c9-8-10-4-5(12(13)14)7(11-8)16-6-2-1-3-15-6/h1-4H,(H2,9,10,11). The SMILES string of the molecule is Nc1ncc([N+](=O)[O-])c(Sc2cccs2)n1. The van der Waals surface area contributed by atoms with E-state index >= 15 is 0 Å². The van der Waals surface area contributed by atoms with Crippen LogP contribution in [0.25, 0.3) is 0 Å². The minimum absolute atomic E-state index is 0.0321. The van der Waals surface area contributed by atoms with E-state index in [-0.39, 0.29) is 16.7 Å². The summed E-state index contributed by atoms with van der Waals surface area (Å²) in [6.45, 7) is 0. The van der Waals surface area contributed by atoms with Gasteiger partial charge < -0.3 is 5.73 Å². The summed E-state index contributed by atoms with van der Waals surface area (Å²) in [5.74, 6) is 0.0321. The molecule has 0 unspecified atom stereocenters. The van der Waals surface area contributed by atoms with Crippen molar-refractivity contribution >= 4 is 34.7 Å². The van der Waals surface area contributed by atoms with E-state index in [4.69, 9.17) is 5.73 Å². The number of nitro groups is 1. The van der Waals surface area contributed by atoms with E-state index in [1.165, 1.54) is 23.1 Å². The zero-order valence-corrected chi connectivity index (χ0v) is 9.49. The van der Waals surface area contributed by atoms with E-state index in [2.05, 4.69) is 9.97 Å². The number of rotatable bonds is 3. The molecule has 2 rings (SSSR count). The molecule has 0 aliphatic rings. The minimum Gasteiger partial charge on any atom is -0.368 e. The maximum Gasteiger partial charge on any atom is 0.320 e. The van der Waals surface area contributed by atoms with Crippen LogP contribution in [0.2, 0.25) is 0 Å². The molecule has 0 amide bonds. The van der Waals surface area contributed by atoms with Crippen LogP contribution in [0, 0.1) is 10.1 Å². The Kier molecular flexibility index (Phi) is 3.02. The molecule has 0 aliphatic carbocycles. The van der Waals surface area contributed by atoms with Crippen LogP contribution in [0.1, 0.15) is 0 Å². The van der Waals surface area contributed by atoms with E-state index in [1.54, 1.807) is 0 Å². The molecule has 8 heteroatoms. The molecular formula is C8H6N4O2S2. The Balaban J connectivity index is 2.38. The zero-order valence-electron chi connectivity index (χ0n) is 7.86. The van der Waals surface area contributed by atoms with E-state index in [0.717, 1.165) is 10.4 Å². The van der Waals surface area contributed by atoms with E-state index < -0.39 is 4.92 Å². The molecule has 0 saturated carbocycles. The second kappa shape index (κ2) is 4.45. The molecule has 6 nitrogen and oxygen atoms in total. The molecule has 16 heavy (non-hydrogen) atoms. The van der Waals surface area contributed by atoms with Crippen molar-refractivity contribution in [3.63, 3.8) is 0 Å². The Morgan fingerprint density at radius 3 is 3.00 bits per heavy atom. The molecule has 0 bridgehead atoms. The van der Waals surface area contributed by atoms with Crippen LogP contribution in [-0.4, -0.2) is 14.9 Å². The molecule has 82 valence electrons. The summed E-state index contributed by atoms with van der Waals surface area (Å²) in [5, 5.41) is 12.9. The largest absolute Gasteiger partial charge is 0.368 e. The Labute approximate surface area is 98.7 Å². The maximum atomic E-state index is 10.7. The van der Waals surface area contributed by atoms with Gasteiger partial charge in [0.2, 0.25) is 5.95 Å². The Bertz CT molecular complexity index is 515. The summed E-state index contributed by atoms with van der Waals surface area (Å²) in [4.78, 5) is 17.7. The third-order valence-electron chi connectivity index (χ3n) is 1.64. The van der Waals surface area contributed by atoms with Crippen molar-refractivity contribution in [2.45, 2.75) is 9.24 Å². The monoisotopic (exact) mass is 254 g/mol. The lowest BCUT2D eigenvalue weighted by atomic mass is 10.5. The van der Waals surface area contributed by atoms with E-state index in [1.807, 2.05) is 17.5 Å². The summed E-state index contributed by atoms with van der Waals surface area (Å²) < 4.78 is 0.918. The lowest BCUT2D eigenvalue weighted by Gasteiger charge is -1.99. The maximum absolute atomic E-state index is 10.7. The molecule has 0 fully saturated rings. The third-order valence-corrected chi connectivity index (χ3v) is 3.67. The number of hydrogen-bond donors (Lipinski definition) is 1. The van der Waals surface area contributed by atoms with Gasteiger partial charge in [-0.2, -0.15) is 4.98 Å². The number of anilines is 1. The first-order valence-electron chi connectivity index (χ1n) is 4.15. The highest BCUT2D eigenvalue weighted by molar-refractivity contribution is 8.01. The Morgan fingerprint density at radius 1 is 1.56 bits per heavy atom. The normalized spacial score (nSPS) is 10.2. The molecule has 0 saturated heterocycles. The molecule has 0 aliphatic heterocycles. The number of thiophene rings is 1. The average molecular weight is 254 g/mol. The van der Waals surface area contributed by atoms with Gasteiger partial charge in [-0.3, -0.25) is 10.1 Å². The highest BCUT2D eigenvalue weighted by Crippen LogP contribution is 2.35. The van der Waals surface area contributed by atoms with Gasteiger partial charge in [0.1, 0.15) is 6.20 Å².